The molecular formula is C24H21F2N3O2. The number of amides is 1. The second kappa shape index (κ2) is 8.34. The number of rotatable bonds is 6. The number of carbonyl (C=O) groups is 2. The molecule has 0 saturated heterocycles. The quantitative estimate of drug-likeness (QED) is 0.596. The maximum absolute atomic E-state index is 14.3. The number of ketones is 1. The van der Waals surface area contributed by atoms with Crippen molar-refractivity contribution in [3.8, 4) is 11.3 Å². The molecule has 4 rings (SSSR count). The highest BCUT2D eigenvalue weighted by Gasteiger charge is 2.27. The minimum Gasteiger partial charge on any atom is -0.346 e. The molecule has 2 aromatic heterocycles. The summed E-state index contributed by atoms with van der Waals surface area (Å²) in [5, 5.41) is 2.71. The highest BCUT2D eigenvalue weighted by molar-refractivity contribution is 5.99. The molecule has 0 saturated carbocycles. The minimum absolute atomic E-state index is 0.0237. The smallest absolute Gasteiger partial charge is 0.253 e. The average molecular weight is 421 g/mol. The third-order valence-corrected chi connectivity index (χ3v) is 5.15. The van der Waals surface area contributed by atoms with E-state index < -0.39 is 11.6 Å². The molecule has 0 bridgehead atoms. The SMILES string of the molecule is CC(C)CC(=O)c1ccc(Cc2cc(-c3c(F)cccc3F)nc3c2C(=O)NC3)nc1. The van der Waals surface area contributed by atoms with Crippen molar-refractivity contribution in [1.82, 2.24) is 15.3 Å². The van der Waals surface area contributed by atoms with Crippen molar-refractivity contribution in [3.05, 3.63) is 82.3 Å². The van der Waals surface area contributed by atoms with Gasteiger partial charge < -0.3 is 5.32 Å². The van der Waals surface area contributed by atoms with E-state index in [0.717, 1.165) is 0 Å². The summed E-state index contributed by atoms with van der Waals surface area (Å²) in [6.07, 6.45) is 2.23. The van der Waals surface area contributed by atoms with E-state index in [0.29, 0.717) is 34.5 Å². The molecule has 1 aliphatic heterocycles. The third-order valence-electron chi connectivity index (χ3n) is 5.15. The van der Waals surface area contributed by atoms with Crippen LogP contribution in [0.5, 0.6) is 0 Å². The van der Waals surface area contributed by atoms with Crippen LogP contribution >= 0.6 is 0 Å². The molecule has 3 aromatic rings. The summed E-state index contributed by atoms with van der Waals surface area (Å²) in [4.78, 5) is 33.3. The molecule has 0 fully saturated rings. The van der Waals surface area contributed by atoms with Crippen molar-refractivity contribution in [2.75, 3.05) is 0 Å². The summed E-state index contributed by atoms with van der Waals surface area (Å²) in [5.41, 5.74) is 2.49. The number of nitrogens with zero attached hydrogens (tertiary/aromatic N) is 2. The summed E-state index contributed by atoms with van der Waals surface area (Å²) in [7, 11) is 0. The minimum atomic E-state index is -0.721. The zero-order chi connectivity index (χ0) is 22.1. The molecule has 0 unspecified atom stereocenters. The molecule has 0 spiro atoms. The van der Waals surface area contributed by atoms with Gasteiger partial charge in [-0.2, -0.15) is 0 Å². The Balaban J connectivity index is 1.71. The largest absolute Gasteiger partial charge is 0.346 e. The van der Waals surface area contributed by atoms with Crippen molar-refractivity contribution in [1.29, 1.82) is 0 Å². The number of benzene rings is 1. The Hall–Kier alpha value is -3.48. The Morgan fingerprint density at radius 2 is 1.87 bits per heavy atom. The number of hydrogen-bond donors (Lipinski definition) is 1. The lowest BCUT2D eigenvalue weighted by molar-refractivity contribution is 0.0958. The molecule has 3 heterocycles. The van der Waals surface area contributed by atoms with Crippen LogP contribution in [0, 0.1) is 17.6 Å². The highest BCUT2D eigenvalue weighted by atomic mass is 19.1. The summed E-state index contributed by atoms with van der Waals surface area (Å²) < 4.78 is 28.7. The maximum Gasteiger partial charge on any atom is 0.253 e. The molecule has 0 radical (unpaired) electrons. The van der Waals surface area contributed by atoms with E-state index in [1.165, 1.54) is 30.5 Å². The fraction of sp³-hybridized carbons (Fsp3) is 0.250. The first kappa shape index (κ1) is 20.8. The van der Waals surface area contributed by atoms with Crippen LogP contribution in [0.25, 0.3) is 11.3 Å². The van der Waals surface area contributed by atoms with Crippen molar-refractivity contribution in [3.63, 3.8) is 0 Å². The van der Waals surface area contributed by atoms with Gasteiger partial charge in [0.25, 0.3) is 5.91 Å². The number of carbonyl (C=O) groups excluding carboxylic acids is 2. The topological polar surface area (TPSA) is 72.0 Å². The van der Waals surface area contributed by atoms with Gasteiger partial charge in [0.05, 0.1) is 29.1 Å². The highest BCUT2D eigenvalue weighted by Crippen LogP contribution is 2.30. The van der Waals surface area contributed by atoms with Crippen LogP contribution in [0.15, 0.2) is 42.6 Å². The molecule has 1 aliphatic rings. The van der Waals surface area contributed by atoms with E-state index in [-0.39, 0.29) is 41.8 Å². The molecule has 1 aromatic carbocycles. The van der Waals surface area contributed by atoms with Crippen molar-refractivity contribution >= 4 is 11.7 Å². The molecule has 0 aliphatic carbocycles. The molecule has 158 valence electrons. The van der Waals surface area contributed by atoms with Crippen LogP contribution in [0.1, 0.15) is 57.9 Å². The number of nitrogens with one attached hydrogen (secondary N) is 1. The van der Waals surface area contributed by atoms with Crippen molar-refractivity contribution in [2.24, 2.45) is 5.92 Å². The Kier molecular flexibility index (Phi) is 5.59. The number of aromatic nitrogens is 2. The Morgan fingerprint density at radius 3 is 2.52 bits per heavy atom. The number of halogens is 2. The van der Waals surface area contributed by atoms with Crippen LogP contribution in [0.4, 0.5) is 8.78 Å². The van der Waals surface area contributed by atoms with Gasteiger partial charge in [-0.25, -0.2) is 13.8 Å². The predicted octanol–water partition coefficient (Wildman–Crippen LogP) is 4.48. The van der Waals surface area contributed by atoms with E-state index in [2.05, 4.69) is 15.3 Å². The Labute approximate surface area is 178 Å². The number of Topliss-reactive ketones (excluding diaryl/α,β-unsaturated/α-hetero) is 1. The Morgan fingerprint density at radius 1 is 1.13 bits per heavy atom. The van der Waals surface area contributed by atoms with Crippen LogP contribution < -0.4 is 5.32 Å². The van der Waals surface area contributed by atoms with E-state index in [4.69, 9.17) is 0 Å². The monoisotopic (exact) mass is 421 g/mol. The van der Waals surface area contributed by atoms with Gasteiger partial charge in [0.2, 0.25) is 0 Å². The van der Waals surface area contributed by atoms with Crippen LogP contribution in [-0.4, -0.2) is 21.7 Å². The van der Waals surface area contributed by atoms with Gasteiger partial charge in [-0.1, -0.05) is 19.9 Å². The van der Waals surface area contributed by atoms with Gasteiger partial charge in [-0.15, -0.1) is 0 Å². The van der Waals surface area contributed by atoms with Crippen LogP contribution in [0.3, 0.4) is 0 Å². The van der Waals surface area contributed by atoms with E-state index in [1.807, 2.05) is 13.8 Å². The van der Waals surface area contributed by atoms with Crippen LogP contribution in [-0.2, 0) is 13.0 Å². The zero-order valence-corrected chi connectivity index (χ0v) is 17.2. The van der Waals surface area contributed by atoms with E-state index in [1.54, 1.807) is 12.1 Å². The summed E-state index contributed by atoms with van der Waals surface area (Å²) in [6, 6.07) is 8.61. The normalized spacial score (nSPS) is 12.7. The number of fused-ring (bicyclic) bond motifs is 1. The molecule has 1 N–H and O–H groups in total. The molecule has 7 heteroatoms. The molecule has 31 heavy (non-hydrogen) atoms. The zero-order valence-electron chi connectivity index (χ0n) is 17.2. The first-order valence-electron chi connectivity index (χ1n) is 10.1. The molecule has 1 amide bonds. The van der Waals surface area contributed by atoms with Gasteiger partial charge in [0, 0.05) is 30.3 Å². The summed E-state index contributed by atoms with van der Waals surface area (Å²) in [5.74, 6) is -1.44. The van der Waals surface area contributed by atoms with Crippen molar-refractivity contribution < 1.29 is 18.4 Å². The Bertz CT molecular complexity index is 1150. The first-order valence-corrected chi connectivity index (χ1v) is 10.1. The lowest BCUT2D eigenvalue weighted by Gasteiger charge is -2.11. The summed E-state index contributed by atoms with van der Waals surface area (Å²) in [6.45, 7) is 4.15. The molecule has 5 nitrogen and oxygen atoms in total. The fourth-order valence-corrected chi connectivity index (χ4v) is 3.70. The lowest BCUT2D eigenvalue weighted by atomic mass is 9.98. The second-order valence-corrected chi connectivity index (χ2v) is 8.00. The van der Waals surface area contributed by atoms with Gasteiger partial charge in [0.1, 0.15) is 11.6 Å². The van der Waals surface area contributed by atoms with Gasteiger partial charge in [-0.3, -0.25) is 14.6 Å². The summed E-state index contributed by atoms with van der Waals surface area (Å²) >= 11 is 0. The fourth-order valence-electron chi connectivity index (χ4n) is 3.70. The maximum atomic E-state index is 14.3. The average Bonchev–Trinajstić information content (AvgIpc) is 3.09. The molecule has 0 atom stereocenters. The van der Waals surface area contributed by atoms with E-state index >= 15 is 0 Å². The van der Waals surface area contributed by atoms with Gasteiger partial charge >= 0.3 is 0 Å². The molecular weight excluding hydrogens is 400 g/mol. The number of hydrogen-bond acceptors (Lipinski definition) is 4. The second-order valence-electron chi connectivity index (χ2n) is 8.00. The van der Waals surface area contributed by atoms with E-state index in [9.17, 15) is 18.4 Å². The first-order chi connectivity index (χ1) is 14.8. The van der Waals surface area contributed by atoms with Crippen LogP contribution in [0.2, 0.25) is 0 Å². The standard InChI is InChI=1S/C24H21F2N3O2/c1-13(2)8-21(30)14-6-7-16(27-11-14)9-15-10-19(23-17(25)4-3-5-18(23)26)29-20-12-28-24(31)22(15)20/h3-7,10-11,13H,8-9,12H2,1-2H3,(H,28,31). The lowest BCUT2D eigenvalue weighted by Crippen LogP contribution is -2.14. The predicted molar refractivity (Wildman–Crippen MR) is 112 cm³/mol. The third kappa shape index (κ3) is 4.21. The van der Waals surface area contributed by atoms with Gasteiger partial charge in [-0.05, 0) is 41.8 Å². The van der Waals surface area contributed by atoms with Gasteiger partial charge in [0.15, 0.2) is 5.78 Å². The van der Waals surface area contributed by atoms with Crippen molar-refractivity contribution in [2.45, 2.75) is 33.2 Å². The number of pyridine rings is 2.